The van der Waals surface area contributed by atoms with E-state index in [1.807, 2.05) is 12.1 Å². The molecule has 5 heteroatoms. The summed E-state index contributed by atoms with van der Waals surface area (Å²) in [5.74, 6) is 0.902. The highest BCUT2D eigenvalue weighted by molar-refractivity contribution is 7.07. The Hall–Kier alpha value is -1.90. The van der Waals surface area contributed by atoms with Crippen molar-refractivity contribution in [1.29, 1.82) is 5.26 Å². The molecule has 0 bridgehead atoms. The largest absolute Gasteiger partial charge is 0.367 e. The molecule has 3 rings (SSSR count). The maximum atomic E-state index is 8.83. The summed E-state index contributed by atoms with van der Waals surface area (Å²) in [6.07, 6.45) is 1.86. The first-order valence-corrected chi connectivity index (χ1v) is 7.49. The minimum atomic E-state index is 0.0856. The lowest BCUT2D eigenvalue weighted by molar-refractivity contribution is -0.0174. The number of aromatic nitrogens is 1. The molecule has 2 atom stereocenters. The van der Waals surface area contributed by atoms with Crippen molar-refractivity contribution in [3.8, 4) is 6.07 Å². The van der Waals surface area contributed by atoms with Gasteiger partial charge in [0.2, 0.25) is 0 Å². The number of anilines is 1. The lowest BCUT2D eigenvalue weighted by Crippen LogP contribution is -2.43. The van der Waals surface area contributed by atoms with Crippen LogP contribution >= 0.6 is 11.3 Å². The third-order valence-electron chi connectivity index (χ3n) is 3.38. The fourth-order valence-electron chi connectivity index (χ4n) is 2.42. The summed E-state index contributed by atoms with van der Waals surface area (Å²) in [7, 11) is 0. The van der Waals surface area contributed by atoms with Crippen molar-refractivity contribution >= 4 is 17.2 Å². The second-order valence-electron chi connectivity index (χ2n) is 4.91. The maximum Gasteiger partial charge on any atom is 0.128 e. The van der Waals surface area contributed by atoms with E-state index in [1.54, 1.807) is 17.5 Å². The van der Waals surface area contributed by atoms with E-state index in [0.717, 1.165) is 18.9 Å². The molecule has 0 spiro atoms. The summed E-state index contributed by atoms with van der Waals surface area (Å²) < 4.78 is 6.01. The van der Waals surface area contributed by atoms with Gasteiger partial charge in [-0.15, -0.1) is 0 Å². The highest BCUT2D eigenvalue weighted by atomic mass is 32.1. The molecule has 1 aliphatic rings. The third kappa shape index (κ3) is 2.67. The van der Waals surface area contributed by atoms with Crippen molar-refractivity contribution in [3.05, 3.63) is 46.3 Å². The third-order valence-corrected chi connectivity index (χ3v) is 4.08. The van der Waals surface area contributed by atoms with Crippen molar-refractivity contribution in [2.75, 3.05) is 18.0 Å². The quantitative estimate of drug-likeness (QED) is 0.851. The van der Waals surface area contributed by atoms with Crippen LogP contribution in [0.25, 0.3) is 0 Å². The summed E-state index contributed by atoms with van der Waals surface area (Å²) in [6, 6.07) is 7.91. The van der Waals surface area contributed by atoms with Gasteiger partial charge in [0, 0.05) is 19.3 Å². The molecule has 1 fully saturated rings. The fraction of sp³-hybridized carbons (Fsp3) is 0.333. The van der Waals surface area contributed by atoms with Crippen LogP contribution in [0.2, 0.25) is 0 Å². The molecule has 1 aliphatic heterocycles. The Labute approximate surface area is 122 Å². The average Bonchev–Trinajstić information content (AvgIpc) is 3.01. The average molecular weight is 285 g/mol. The van der Waals surface area contributed by atoms with E-state index < -0.39 is 0 Å². The van der Waals surface area contributed by atoms with Crippen molar-refractivity contribution in [1.82, 2.24) is 4.98 Å². The van der Waals surface area contributed by atoms with Gasteiger partial charge in [-0.2, -0.15) is 16.6 Å². The van der Waals surface area contributed by atoms with Gasteiger partial charge < -0.3 is 9.64 Å². The summed E-state index contributed by atoms with van der Waals surface area (Å²) >= 11 is 1.69. The first kappa shape index (κ1) is 13.1. The van der Waals surface area contributed by atoms with E-state index in [9.17, 15) is 0 Å². The number of ether oxygens (including phenoxy) is 1. The molecule has 0 amide bonds. The van der Waals surface area contributed by atoms with Gasteiger partial charge in [0.25, 0.3) is 0 Å². The van der Waals surface area contributed by atoms with Gasteiger partial charge >= 0.3 is 0 Å². The number of nitriles is 1. The van der Waals surface area contributed by atoms with Crippen LogP contribution in [0.1, 0.15) is 24.2 Å². The van der Waals surface area contributed by atoms with Crippen molar-refractivity contribution in [3.63, 3.8) is 0 Å². The molecular weight excluding hydrogens is 270 g/mol. The van der Waals surface area contributed by atoms with Gasteiger partial charge in [-0.25, -0.2) is 4.98 Å². The molecule has 2 aromatic heterocycles. The number of pyridine rings is 1. The van der Waals surface area contributed by atoms with Gasteiger partial charge in [-0.3, -0.25) is 0 Å². The molecule has 0 N–H and O–H groups in total. The molecular formula is C15H15N3OS. The molecule has 0 aliphatic carbocycles. The summed E-state index contributed by atoms with van der Waals surface area (Å²) in [5.41, 5.74) is 1.81. The number of hydrogen-bond donors (Lipinski definition) is 0. The van der Waals surface area contributed by atoms with Crippen LogP contribution in [-0.2, 0) is 4.74 Å². The van der Waals surface area contributed by atoms with Gasteiger partial charge in [0.1, 0.15) is 18.0 Å². The van der Waals surface area contributed by atoms with E-state index in [0.29, 0.717) is 5.56 Å². The van der Waals surface area contributed by atoms with E-state index in [4.69, 9.17) is 10.00 Å². The summed E-state index contributed by atoms with van der Waals surface area (Å²) in [6.45, 7) is 3.69. The smallest absolute Gasteiger partial charge is 0.128 e. The monoisotopic (exact) mass is 285 g/mol. The Morgan fingerprint density at radius 2 is 2.30 bits per heavy atom. The van der Waals surface area contributed by atoms with Gasteiger partial charge in [-0.05, 0) is 41.4 Å². The van der Waals surface area contributed by atoms with Crippen LogP contribution in [-0.4, -0.2) is 24.2 Å². The Morgan fingerprint density at radius 1 is 1.40 bits per heavy atom. The molecule has 2 aromatic rings. The van der Waals surface area contributed by atoms with Crippen LogP contribution in [0, 0.1) is 11.3 Å². The van der Waals surface area contributed by atoms with Gasteiger partial charge in [-0.1, -0.05) is 0 Å². The van der Waals surface area contributed by atoms with Gasteiger partial charge in [0.05, 0.1) is 11.7 Å². The molecule has 3 heterocycles. The predicted molar refractivity (Wildman–Crippen MR) is 78.8 cm³/mol. The summed E-state index contributed by atoms with van der Waals surface area (Å²) in [4.78, 5) is 6.59. The lowest BCUT2D eigenvalue weighted by Gasteiger charge is -2.37. The second-order valence-corrected chi connectivity index (χ2v) is 5.69. The lowest BCUT2D eigenvalue weighted by atomic mass is 10.1. The van der Waals surface area contributed by atoms with E-state index in [-0.39, 0.29) is 12.2 Å². The zero-order chi connectivity index (χ0) is 13.9. The van der Waals surface area contributed by atoms with Crippen LogP contribution in [0.4, 0.5) is 5.82 Å². The van der Waals surface area contributed by atoms with Crippen LogP contribution < -0.4 is 4.90 Å². The Morgan fingerprint density at radius 3 is 2.95 bits per heavy atom. The molecule has 4 nitrogen and oxygen atoms in total. The normalized spacial score (nSPS) is 22.5. The number of rotatable bonds is 2. The predicted octanol–water partition coefficient (Wildman–Crippen LogP) is 2.98. The van der Waals surface area contributed by atoms with Gasteiger partial charge in [0.15, 0.2) is 0 Å². The maximum absolute atomic E-state index is 8.83. The van der Waals surface area contributed by atoms with Crippen LogP contribution in [0.3, 0.4) is 0 Å². The van der Waals surface area contributed by atoms with Crippen molar-refractivity contribution in [2.24, 2.45) is 0 Å². The molecule has 0 radical (unpaired) electrons. The van der Waals surface area contributed by atoms with E-state index >= 15 is 0 Å². The Balaban J connectivity index is 1.80. The zero-order valence-electron chi connectivity index (χ0n) is 11.2. The highest BCUT2D eigenvalue weighted by Gasteiger charge is 2.27. The first-order valence-electron chi connectivity index (χ1n) is 6.55. The molecule has 0 saturated carbocycles. The molecule has 20 heavy (non-hydrogen) atoms. The SMILES string of the molecule is C[C@H]1CN(c2ccc(C#N)cn2)C[C@H](c2ccsc2)O1. The zero-order valence-corrected chi connectivity index (χ0v) is 12.0. The van der Waals surface area contributed by atoms with E-state index in [1.165, 1.54) is 5.56 Å². The Bertz CT molecular complexity index is 603. The summed E-state index contributed by atoms with van der Waals surface area (Å²) in [5, 5.41) is 13.0. The first-order chi connectivity index (χ1) is 9.76. The fourth-order valence-corrected chi connectivity index (χ4v) is 3.12. The number of nitrogens with zero attached hydrogens (tertiary/aromatic N) is 3. The van der Waals surface area contributed by atoms with Crippen LogP contribution in [0.15, 0.2) is 35.2 Å². The molecule has 0 aromatic carbocycles. The number of hydrogen-bond acceptors (Lipinski definition) is 5. The topological polar surface area (TPSA) is 49.2 Å². The van der Waals surface area contributed by atoms with Crippen molar-refractivity contribution in [2.45, 2.75) is 19.1 Å². The van der Waals surface area contributed by atoms with Crippen LogP contribution in [0.5, 0.6) is 0 Å². The molecule has 1 saturated heterocycles. The standard InChI is InChI=1S/C15H15N3OS/c1-11-8-18(15-3-2-12(6-16)7-17-15)9-14(19-11)13-4-5-20-10-13/h2-5,7,10-11,14H,8-9H2,1H3/t11-,14+/m0/s1. The number of morpholine rings is 1. The second kappa shape index (κ2) is 5.61. The highest BCUT2D eigenvalue weighted by Crippen LogP contribution is 2.28. The van der Waals surface area contributed by atoms with E-state index in [2.05, 4.69) is 39.7 Å². The number of thiophene rings is 1. The molecule has 0 unspecified atom stereocenters. The van der Waals surface area contributed by atoms with Crippen molar-refractivity contribution < 1.29 is 4.74 Å². The Kier molecular flexibility index (Phi) is 3.68. The molecule has 102 valence electrons. The minimum absolute atomic E-state index is 0.0856. The minimum Gasteiger partial charge on any atom is -0.367 e.